The van der Waals surface area contributed by atoms with Crippen LogP contribution in [0.2, 0.25) is 0 Å². The van der Waals surface area contributed by atoms with Gasteiger partial charge in [0.15, 0.2) is 0 Å². The molecule has 0 saturated heterocycles. The van der Waals surface area contributed by atoms with Crippen molar-refractivity contribution in [1.82, 2.24) is 20.1 Å². The Hall–Kier alpha value is -3.85. The number of amides is 1. The van der Waals surface area contributed by atoms with Crippen LogP contribution in [0.15, 0.2) is 60.8 Å². The van der Waals surface area contributed by atoms with Crippen molar-refractivity contribution in [3.63, 3.8) is 0 Å². The number of hydrogen-bond donors (Lipinski definition) is 2. The zero-order chi connectivity index (χ0) is 26.5. The summed E-state index contributed by atoms with van der Waals surface area (Å²) in [4.78, 5) is 29.5. The van der Waals surface area contributed by atoms with E-state index in [1.807, 2.05) is 24.3 Å². The predicted octanol–water partition coefficient (Wildman–Crippen LogP) is 4.40. The van der Waals surface area contributed by atoms with Gasteiger partial charge in [0.25, 0.3) is 5.91 Å². The van der Waals surface area contributed by atoms with Gasteiger partial charge in [-0.25, -0.2) is 4.79 Å². The number of nitrogens with one attached hydrogen (secondary N) is 1. The fourth-order valence-electron chi connectivity index (χ4n) is 4.89. The number of ether oxygens (including phenoxy) is 1. The van der Waals surface area contributed by atoms with Crippen molar-refractivity contribution in [2.45, 2.75) is 51.0 Å². The highest BCUT2D eigenvalue weighted by Gasteiger charge is 2.21. The summed E-state index contributed by atoms with van der Waals surface area (Å²) < 4.78 is 7.56. The maximum atomic E-state index is 12.8. The molecule has 5 rings (SSSR count). The highest BCUT2D eigenvalue weighted by Crippen LogP contribution is 2.20. The molecule has 204 valence electrons. The lowest BCUT2D eigenvalue weighted by Crippen LogP contribution is -2.42. The highest BCUT2D eigenvalue weighted by molar-refractivity contribution is 7.59. The van der Waals surface area contributed by atoms with E-state index in [9.17, 15) is 14.7 Å². The number of aryl methyl sites for hydroxylation is 4. The Morgan fingerprint density at radius 1 is 1.08 bits per heavy atom. The molecule has 1 aliphatic rings. The number of carboxylic acid groups (broad SMARTS) is 1. The van der Waals surface area contributed by atoms with E-state index >= 15 is 0 Å². The molecule has 2 aromatic heterocycles. The van der Waals surface area contributed by atoms with Crippen LogP contribution in [0.1, 0.15) is 52.1 Å². The lowest BCUT2D eigenvalue weighted by Gasteiger charge is -2.16. The Labute approximate surface area is 234 Å². The van der Waals surface area contributed by atoms with Crippen molar-refractivity contribution >= 4 is 36.3 Å². The van der Waals surface area contributed by atoms with Crippen LogP contribution < -0.4 is 10.1 Å². The van der Waals surface area contributed by atoms with Gasteiger partial charge in [-0.2, -0.15) is 18.6 Å². The molecule has 0 unspecified atom stereocenters. The van der Waals surface area contributed by atoms with Crippen molar-refractivity contribution in [1.29, 1.82) is 0 Å². The molecule has 9 heteroatoms. The van der Waals surface area contributed by atoms with Crippen molar-refractivity contribution < 1.29 is 19.4 Å². The van der Waals surface area contributed by atoms with E-state index < -0.39 is 17.9 Å². The quantitative estimate of drug-likeness (QED) is 0.286. The second-order valence-electron chi connectivity index (χ2n) is 9.82. The van der Waals surface area contributed by atoms with E-state index in [4.69, 9.17) is 9.72 Å². The second kappa shape index (κ2) is 12.8. The van der Waals surface area contributed by atoms with Crippen molar-refractivity contribution in [3.05, 3.63) is 88.9 Å². The van der Waals surface area contributed by atoms with Gasteiger partial charge < -0.3 is 15.2 Å². The van der Waals surface area contributed by atoms with Crippen LogP contribution in [-0.2, 0) is 37.5 Å². The fraction of sp³-hybridized carbons (Fsp3) is 0.333. The molecule has 0 radical (unpaired) electrons. The number of carboxylic acids is 1. The van der Waals surface area contributed by atoms with E-state index in [1.165, 1.54) is 24.1 Å². The first kappa shape index (κ1) is 28.2. The average Bonchev–Trinajstić information content (AvgIpc) is 3.31. The van der Waals surface area contributed by atoms with Gasteiger partial charge in [-0.05, 0) is 80.0 Å². The second-order valence-corrected chi connectivity index (χ2v) is 9.82. The Bertz CT molecular complexity index is 1450. The molecule has 8 nitrogen and oxygen atoms in total. The van der Waals surface area contributed by atoms with Crippen LogP contribution in [-0.4, -0.2) is 44.4 Å². The predicted molar refractivity (Wildman–Crippen MR) is 155 cm³/mol. The van der Waals surface area contributed by atoms with Gasteiger partial charge in [0.05, 0.1) is 18.3 Å². The van der Waals surface area contributed by atoms with Crippen LogP contribution in [0.25, 0.3) is 10.9 Å². The van der Waals surface area contributed by atoms with Gasteiger partial charge in [-0.3, -0.25) is 14.5 Å². The molecular weight excluding hydrogens is 512 g/mol. The van der Waals surface area contributed by atoms with Crippen LogP contribution in [0.3, 0.4) is 0 Å². The third-order valence-corrected chi connectivity index (χ3v) is 7.06. The van der Waals surface area contributed by atoms with Gasteiger partial charge in [0, 0.05) is 35.8 Å². The van der Waals surface area contributed by atoms with Crippen LogP contribution in [0.5, 0.6) is 5.75 Å². The number of carbonyl (C=O) groups excluding carboxylic acids is 1. The highest BCUT2D eigenvalue weighted by atomic mass is 32.1. The molecule has 0 saturated carbocycles. The number of nitrogens with zero attached hydrogens (tertiary/aromatic N) is 3. The number of aliphatic carboxylic acids is 1. The van der Waals surface area contributed by atoms with Crippen molar-refractivity contribution in [2.75, 3.05) is 6.61 Å². The summed E-state index contributed by atoms with van der Waals surface area (Å²) in [5, 5.41) is 17.4. The first-order chi connectivity index (χ1) is 18.5. The number of aromatic nitrogens is 3. The number of hydrogen-bond acceptors (Lipinski definition) is 5. The largest absolute Gasteiger partial charge is 0.494 e. The van der Waals surface area contributed by atoms with E-state index in [2.05, 4.69) is 22.5 Å². The lowest BCUT2D eigenvalue weighted by atomic mass is 9.95. The monoisotopic (exact) mass is 546 g/mol. The van der Waals surface area contributed by atoms with Gasteiger partial charge >= 0.3 is 5.97 Å². The van der Waals surface area contributed by atoms with E-state index in [1.54, 1.807) is 36.1 Å². The van der Waals surface area contributed by atoms with E-state index in [0.717, 1.165) is 53.6 Å². The summed E-state index contributed by atoms with van der Waals surface area (Å²) in [6.45, 7) is 0.576. The molecular formula is C30H34N4O4S. The molecule has 1 atom stereocenters. The summed E-state index contributed by atoms with van der Waals surface area (Å²) in [7, 11) is 1.80. The summed E-state index contributed by atoms with van der Waals surface area (Å²) in [5.41, 5.74) is 5.76. The lowest BCUT2D eigenvalue weighted by molar-refractivity contribution is -0.139. The normalized spacial score (nSPS) is 13.3. The first-order valence-electron chi connectivity index (χ1n) is 13.1. The maximum absolute atomic E-state index is 12.8. The molecule has 0 bridgehead atoms. The molecule has 2 heterocycles. The number of fused-ring (bicyclic) bond motifs is 2. The summed E-state index contributed by atoms with van der Waals surface area (Å²) in [5.74, 6) is -0.794. The fourth-order valence-corrected chi connectivity index (χ4v) is 4.89. The molecule has 0 spiro atoms. The zero-order valence-corrected chi connectivity index (χ0v) is 23.0. The molecule has 2 aromatic carbocycles. The molecule has 0 fully saturated rings. The maximum Gasteiger partial charge on any atom is 0.326 e. The van der Waals surface area contributed by atoms with Crippen LogP contribution >= 0.6 is 13.5 Å². The number of pyridine rings is 1. The SMILES string of the molecule is Cn1ncc2ccc(C(=O)N[C@@H](Cc3ccc(OCCCc4ccc5c(n4)CCCC5)cc3)C(=O)O)cc21.S. The van der Waals surface area contributed by atoms with E-state index in [0.29, 0.717) is 12.2 Å². The molecule has 1 amide bonds. The van der Waals surface area contributed by atoms with Gasteiger partial charge in [-0.1, -0.05) is 24.3 Å². The summed E-state index contributed by atoms with van der Waals surface area (Å²) in [6, 6.07) is 15.8. The third-order valence-electron chi connectivity index (χ3n) is 7.06. The summed E-state index contributed by atoms with van der Waals surface area (Å²) in [6.07, 6.45) is 8.34. The van der Waals surface area contributed by atoms with E-state index in [-0.39, 0.29) is 19.9 Å². The van der Waals surface area contributed by atoms with Crippen molar-refractivity contribution in [3.8, 4) is 5.75 Å². The minimum Gasteiger partial charge on any atom is -0.494 e. The summed E-state index contributed by atoms with van der Waals surface area (Å²) >= 11 is 0. The third kappa shape index (κ3) is 6.97. The van der Waals surface area contributed by atoms with Gasteiger partial charge in [-0.15, -0.1) is 0 Å². The minimum absolute atomic E-state index is 0. The molecule has 39 heavy (non-hydrogen) atoms. The Morgan fingerprint density at radius 2 is 1.87 bits per heavy atom. The first-order valence-corrected chi connectivity index (χ1v) is 13.1. The molecule has 0 aliphatic heterocycles. The average molecular weight is 547 g/mol. The molecule has 1 aliphatic carbocycles. The standard InChI is InChI=1S/C30H32N4O4.H2S/c1-34-28-18-22(10-11-23(28)19-31-34)29(35)33-27(30(36)37)17-20-8-14-25(15-9-20)38-16-4-6-24-13-12-21-5-2-3-7-26(21)32-24;/h8-15,18-19,27H,2-7,16-17H2,1H3,(H,33,35)(H,36,37);1H2/t27-;/m0./s1. The Morgan fingerprint density at radius 3 is 2.67 bits per heavy atom. The van der Waals surface area contributed by atoms with Gasteiger partial charge in [0.1, 0.15) is 11.8 Å². The Kier molecular flexibility index (Phi) is 9.24. The molecule has 4 aromatic rings. The number of benzene rings is 2. The Balaban J connectivity index is 0.00000353. The van der Waals surface area contributed by atoms with Gasteiger partial charge in [0.2, 0.25) is 0 Å². The zero-order valence-electron chi connectivity index (χ0n) is 22.0. The van der Waals surface area contributed by atoms with Crippen LogP contribution in [0, 0.1) is 0 Å². The molecule has 2 N–H and O–H groups in total. The van der Waals surface area contributed by atoms with Crippen molar-refractivity contribution in [2.24, 2.45) is 7.05 Å². The van der Waals surface area contributed by atoms with Crippen LogP contribution in [0.4, 0.5) is 0 Å². The minimum atomic E-state index is -1.09. The topological polar surface area (TPSA) is 106 Å². The number of carbonyl (C=O) groups is 2. The smallest absolute Gasteiger partial charge is 0.326 e. The number of rotatable bonds is 10.